The number of aliphatic hydroxyl groups is 1. The van der Waals surface area contributed by atoms with Crippen molar-refractivity contribution < 1.29 is 19.4 Å². The molecule has 32 heavy (non-hydrogen) atoms. The maximum atomic E-state index is 13.1. The second kappa shape index (κ2) is 9.56. The van der Waals surface area contributed by atoms with Crippen LogP contribution in [0.4, 0.5) is 0 Å². The van der Waals surface area contributed by atoms with E-state index in [2.05, 4.69) is 22.6 Å². The largest absolute Gasteiger partial charge is 0.507 e. The van der Waals surface area contributed by atoms with Gasteiger partial charge < -0.3 is 14.7 Å². The molecule has 1 saturated heterocycles. The predicted molar refractivity (Wildman–Crippen MR) is 131 cm³/mol. The molecule has 1 atom stereocenters. The summed E-state index contributed by atoms with van der Waals surface area (Å²) < 4.78 is 6.57. The number of benzene rings is 3. The smallest absolute Gasteiger partial charge is 0.295 e. The van der Waals surface area contributed by atoms with Crippen molar-refractivity contribution in [1.82, 2.24) is 4.90 Å². The second-order valence-corrected chi connectivity index (χ2v) is 8.67. The lowest BCUT2D eigenvalue weighted by atomic mass is 9.95. The summed E-state index contributed by atoms with van der Waals surface area (Å²) in [6, 6.07) is 23.4. The number of halogens is 1. The van der Waals surface area contributed by atoms with Gasteiger partial charge >= 0.3 is 0 Å². The molecule has 0 bridgehead atoms. The van der Waals surface area contributed by atoms with Gasteiger partial charge in [0.25, 0.3) is 11.7 Å². The molecule has 4 rings (SSSR count). The fourth-order valence-electron chi connectivity index (χ4n) is 3.87. The minimum absolute atomic E-state index is 0.0841. The van der Waals surface area contributed by atoms with Gasteiger partial charge in [-0.3, -0.25) is 9.59 Å². The molecule has 0 saturated carbocycles. The van der Waals surface area contributed by atoms with Crippen molar-refractivity contribution in [1.29, 1.82) is 0 Å². The summed E-state index contributed by atoms with van der Waals surface area (Å²) in [6.07, 6.45) is 0. The van der Waals surface area contributed by atoms with Gasteiger partial charge in [-0.1, -0.05) is 54.6 Å². The molecule has 1 heterocycles. The van der Waals surface area contributed by atoms with Crippen molar-refractivity contribution in [3.05, 3.63) is 105 Å². The van der Waals surface area contributed by atoms with Crippen molar-refractivity contribution in [3.8, 4) is 5.75 Å². The molecule has 3 aromatic carbocycles. The van der Waals surface area contributed by atoms with Crippen molar-refractivity contribution >= 4 is 40.0 Å². The van der Waals surface area contributed by atoms with E-state index in [1.165, 1.54) is 4.90 Å². The predicted octanol–water partition coefficient (Wildman–Crippen LogP) is 5.31. The average Bonchev–Trinajstić information content (AvgIpc) is 3.05. The van der Waals surface area contributed by atoms with Crippen molar-refractivity contribution in [2.45, 2.75) is 19.5 Å². The summed E-state index contributed by atoms with van der Waals surface area (Å²) in [5, 5.41) is 11.2. The molecule has 1 amide bonds. The number of ketones is 1. The van der Waals surface area contributed by atoms with Crippen molar-refractivity contribution in [2.75, 3.05) is 6.61 Å². The first-order chi connectivity index (χ1) is 15.5. The summed E-state index contributed by atoms with van der Waals surface area (Å²) in [4.78, 5) is 27.7. The molecule has 1 unspecified atom stereocenters. The van der Waals surface area contributed by atoms with Gasteiger partial charge in [-0.2, -0.15) is 0 Å². The molecule has 5 nitrogen and oxygen atoms in total. The summed E-state index contributed by atoms with van der Waals surface area (Å²) in [5.41, 5.74) is 2.19. The van der Waals surface area contributed by atoms with Crippen LogP contribution in [0.1, 0.15) is 29.7 Å². The normalized spacial score (nSPS) is 17.6. The van der Waals surface area contributed by atoms with E-state index >= 15 is 0 Å². The zero-order valence-electron chi connectivity index (χ0n) is 17.5. The Labute approximate surface area is 200 Å². The van der Waals surface area contributed by atoms with Gasteiger partial charge in [0.2, 0.25) is 0 Å². The summed E-state index contributed by atoms with van der Waals surface area (Å²) >= 11 is 2.21. The number of rotatable bonds is 6. The van der Waals surface area contributed by atoms with Gasteiger partial charge in [-0.05, 0) is 64.9 Å². The van der Waals surface area contributed by atoms with Crippen molar-refractivity contribution in [3.63, 3.8) is 0 Å². The first-order valence-electron chi connectivity index (χ1n) is 10.3. The van der Waals surface area contributed by atoms with Crippen LogP contribution in [0.25, 0.3) is 5.76 Å². The Bertz CT molecular complexity index is 1170. The fraction of sp³-hybridized carbons (Fsp3) is 0.154. The number of hydrogen-bond donors (Lipinski definition) is 1. The lowest BCUT2D eigenvalue weighted by Gasteiger charge is -2.25. The third kappa shape index (κ3) is 4.41. The average molecular weight is 539 g/mol. The molecular formula is C26H22INO4. The number of carbonyl (C=O) groups is 2. The van der Waals surface area contributed by atoms with Crippen LogP contribution in [0.2, 0.25) is 0 Å². The Kier molecular flexibility index (Phi) is 6.60. The maximum absolute atomic E-state index is 13.1. The van der Waals surface area contributed by atoms with Gasteiger partial charge in [0.05, 0.1) is 18.2 Å². The van der Waals surface area contributed by atoms with E-state index in [1.54, 1.807) is 24.3 Å². The number of aliphatic hydroxyl groups excluding tert-OH is 1. The highest BCUT2D eigenvalue weighted by molar-refractivity contribution is 14.1. The van der Waals surface area contributed by atoms with Crippen molar-refractivity contribution in [2.24, 2.45) is 0 Å². The molecule has 3 aromatic rings. The topological polar surface area (TPSA) is 66.8 Å². The molecule has 162 valence electrons. The highest BCUT2D eigenvalue weighted by Crippen LogP contribution is 2.40. The van der Waals surface area contributed by atoms with E-state index in [0.717, 1.165) is 14.7 Å². The minimum atomic E-state index is -0.692. The van der Waals surface area contributed by atoms with Crippen LogP contribution in [0.15, 0.2) is 84.4 Å². The number of likely N-dealkylation sites (tertiary alicyclic amines) is 1. The second-order valence-electron chi connectivity index (χ2n) is 7.42. The zero-order valence-corrected chi connectivity index (χ0v) is 19.7. The third-order valence-electron chi connectivity index (χ3n) is 5.34. The van der Waals surface area contributed by atoms with E-state index < -0.39 is 17.7 Å². The quantitative estimate of drug-likeness (QED) is 0.200. The minimum Gasteiger partial charge on any atom is -0.507 e. The van der Waals surface area contributed by atoms with Crippen LogP contribution in [0.5, 0.6) is 5.75 Å². The monoisotopic (exact) mass is 539 g/mol. The van der Waals surface area contributed by atoms with E-state index in [-0.39, 0.29) is 17.9 Å². The van der Waals surface area contributed by atoms with E-state index in [1.807, 2.05) is 61.5 Å². The Morgan fingerprint density at radius 2 is 1.72 bits per heavy atom. The van der Waals surface area contributed by atoms with E-state index in [4.69, 9.17) is 4.74 Å². The summed E-state index contributed by atoms with van der Waals surface area (Å²) in [7, 11) is 0. The van der Waals surface area contributed by atoms with Gasteiger partial charge in [-0.15, -0.1) is 0 Å². The molecule has 0 aromatic heterocycles. The van der Waals surface area contributed by atoms with Crippen LogP contribution in [0.3, 0.4) is 0 Å². The number of carbonyl (C=O) groups excluding carboxylic acids is 2. The van der Waals surface area contributed by atoms with Gasteiger partial charge in [0.1, 0.15) is 11.5 Å². The zero-order chi connectivity index (χ0) is 22.7. The Morgan fingerprint density at radius 3 is 2.41 bits per heavy atom. The molecule has 1 aliphatic heterocycles. The van der Waals surface area contributed by atoms with Crippen LogP contribution in [-0.4, -0.2) is 28.3 Å². The van der Waals surface area contributed by atoms with Gasteiger partial charge in [-0.25, -0.2) is 0 Å². The summed E-state index contributed by atoms with van der Waals surface area (Å²) in [6.45, 7) is 2.62. The van der Waals surface area contributed by atoms with Crippen LogP contribution in [0, 0.1) is 3.57 Å². The van der Waals surface area contributed by atoms with E-state index in [0.29, 0.717) is 17.9 Å². The third-order valence-corrected chi connectivity index (χ3v) is 6.06. The van der Waals surface area contributed by atoms with Crippen LogP contribution < -0.4 is 4.74 Å². The Balaban J connectivity index is 1.84. The number of Topliss-reactive ketones (excluding diaryl/α,β-unsaturated/α-hetero) is 1. The first kappa shape index (κ1) is 22.1. The molecule has 0 radical (unpaired) electrons. The number of hydrogen-bond acceptors (Lipinski definition) is 4. The molecule has 6 heteroatoms. The lowest BCUT2D eigenvalue weighted by molar-refractivity contribution is -0.140. The van der Waals surface area contributed by atoms with Crippen LogP contribution in [-0.2, 0) is 16.1 Å². The number of nitrogens with zero attached hydrogens (tertiary/aromatic N) is 1. The Hall–Kier alpha value is -3.13. The lowest BCUT2D eigenvalue weighted by Crippen LogP contribution is -2.29. The molecular weight excluding hydrogens is 517 g/mol. The summed E-state index contributed by atoms with van der Waals surface area (Å²) in [5.74, 6) is -0.936. The molecule has 0 spiro atoms. The van der Waals surface area contributed by atoms with Gasteiger partial charge in [0.15, 0.2) is 0 Å². The standard InChI is InChI=1S/C26H22INO4/c1-2-32-21-10-6-9-19(15-21)24(29)22-23(18-11-13-20(27)14-12-18)28(26(31)25(22)30)16-17-7-4-3-5-8-17/h3-15,23,29H,2,16H2,1H3. The van der Waals surface area contributed by atoms with Crippen LogP contribution >= 0.6 is 22.6 Å². The fourth-order valence-corrected chi connectivity index (χ4v) is 4.23. The number of ether oxygens (including phenoxy) is 1. The highest BCUT2D eigenvalue weighted by atomic mass is 127. The Morgan fingerprint density at radius 1 is 1.00 bits per heavy atom. The number of amides is 1. The van der Waals surface area contributed by atoms with Gasteiger partial charge in [0, 0.05) is 15.7 Å². The maximum Gasteiger partial charge on any atom is 0.295 e. The highest BCUT2D eigenvalue weighted by Gasteiger charge is 2.46. The van der Waals surface area contributed by atoms with E-state index in [9.17, 15) is 14.7 Å². The SMILES string of the molecule is CCOc1cccc(C(O)=C2C(=O)C(=O)N(Cc3ccccc3)C2c2ccc(I)cc2)c1. The molecule has 1 aliphatic rings. The molecule has 1 N–H and O–H groups in total. The molecule has 1 fully saturated rings. The molecule has 0 aliphatic carbocycles. The first-order valence-corrected chi connectivity index (χ1v) is 11.4.